The van der Waals surface area contributed by atoms with Gasteiger partial charge in [-0.05, 0) is 30.7 Å². The van der Waals surface area contributed by atoms with Crippen LogP contribution in [-0.4, -0.2) is 15.2 Å². The van der Waals surface area contributed by atoms with E-state index in [0.717, 1.165) is 22.2 Å². The second-order valence-electron chi connectivity index (χ2n) is 4.60. The zero-order valence-corrected chi connectivity index (χ0v) is 11.1. The molecule has 0 atom stereocenters. The molecule has 0 saturated heterocycles. The van der Waals surface area contributed by atoms with Gasteiger partial charge in [-0.1, -0.05) is 12.1 Å². The van der Waals surface area contributed by atoms with Crippen LogP contribution < -0.4 is 11.3 Å². The summed E-state index contributed by atoms with van der Waals surface area (Å²) >= 11 is 0. The summed E-state index contributed by atoms with van der Waals surface area (Å²) < 4.78 is 0. The summed E-state index contributed by atoms with van der Waals surface area (Å²) in [5.74, 6) is 0. The highest BCUT2D eigenvalue weighted by Crippen LogP contribution is 2.25. The van der Waals surface area contributed by atoms with Gasteiger partial charge in [0.2, 0.25) is 0 Å². The zero-order valence-electron chi connectivity index (χ0n) is 11.1. The fourth-order valence-corrected chi connectivity index (χ4v) is 2.33. The quantitative estimate of drug-likeness (QED) is 0.740. The molecule has 2 aromatic heterocycles. The van der Waals surface area contributed by atoms with Gasteiger partial charge in [-0.3, -0.25) is 9.78 Å². The third-order valence-corrected chi connectivity index (χ3v) is 3.38. The predicted octanol–water partition coefficient (Wildman–Crippen LogP) is 1.75. The summed E-state index contributed by atoms with van der Waals surface area (Å²) in [6.07, 6.45) is 1.76. The molecule has 0 aliphatic carbocycles. The lowest BCUT2D eigenvalue weighted by Crippen LogP contribution is -2.13. The Bertz CT molecular complexity index is 839. The highest BCUT2D eigenvalue weighted by molar-refractivity contribution is 5.88. The van der Waals surface area contributed by atoms with Gasteiger partial charge in [-0.2, -0.15) is 5.10 Å². The molecule has 3 aromatic rings. The number of nitrogens with two attached hydrogens (primary N) is 1. The van der Waals surface area contributed by atoms with E-state index >= 15 is 0 Å². The van der Waals surface area contributed by atoms with E-state index < -0.39 is 0 Å². The van der Waals surface area contributed by atoms with Crippen molar-refractivity contribution in [3.05, 3.63) is 58.3 Å². The summed E-state index contributed by atoms with van der Waals surface area (Å²) in [5.41, 5.74) is 9.16. The van der Waals surface area contributed by atoms with Crippen molar-refractivity contribution < 1.29 is 0 Å². The Labute approximate surface area is 115 Å². The van der Waals surface area contributed by atoms with Crippen LogP contribution in [0, 0.1) is 6.92 Å². The third kappa shape index (κ3) is 1.98. The molecule has 0 radical (unpaired) electrons. The molecule has 3 N–H and O–H groups in total. The molecule has 100 valence electrons. The fraction of sp³-hybridized carbons (Fsp3) is 0.133. The van der Waals surface area contributed by atoms with Crippen LogP contribution in [0.2, 0.25) is 0 Å². The van der Waals surface area contributed by atoms with Crippen LogP contribution in [0.1, 0.15) is 11.4 Å². The van der Waals surface area contributed by atoms with Crippen LogP contribution in [-0.2, 0) is 6.54 Å². The smallest absolute Gasteiger partial charge is 0.272 e. The first-order valence-corrected chi connectivity index (χ1v) is 6.34. The van der Waals surface area contributed by atoms with E-state index in [1.165, 1.54) is 0 Å². The van der Waals surface area contributed by atoms with E-state index in [1.54, 1.807) is 12.3 Å². The molecule has 0 unspecified atom stereocenters. The van der Waals surface area contributed by atoms with Crippen LogP contribution >= 0.6 is 0 Å². The van der Waals surface area contributed by atoms with Gasteiger partial charge >= 0.3 is 0 Å². The van der Waals surface area contributed by atoms with E-state index in [-0.39, 0.29) is 12.1 Å². The van der Waals surface area contributed by atoms with E-state index in [1.807, 2.05) is 31.2 Å². The molecule has 0 saturated carbocycles. The van der Waals surface area contributed by atoms with Gasteiger partial charge in [0.05, 0.1) is 11.1 Å². The molecule has 5 nitrogen and oxygen atoms in total. The van der Waals surface area contributed by atoms with Gasteiger partial charge in [0, 0.05) is 29.4 Å². The summed E-state index contributed by atoms with van der Waals surface area (Å²) in [4.78, 5) is 16.1. The predicted molar refractivity (Wildman–Crippen MR) is 78.2 cm³/mol. The SMILES string of the molecule is Cc1ncccc1-c1ccc2c(=O)[nH]nc(CN)c2c1. The maximum atomic E-state index is 11.8. The van der Waals surface area contributed by atoms with Gasteiger partial charge in [-0.15, -0.1) is 0 Å². The van der Waals surface area contributed by atoms with Gasteiger partial charge in [0.1, 0.15) is 0 Å². The van der Waals surface area contributed by atoms with E-state index in [0.29, 0.717) is 11.1 Å². The van der Waals surface area contributed by atoms with Crippen molar-refractivity contribution in [2.24, 2.45) is 5.73 Å². The lowest BCUT2D eigenvalue weighted by molar-refractivity contribution is 0.900. The van der Waals surface area contributed by atoms with Crippen LogP contribution in [0.4, 0.5) is 0 Å². The van der Waals surface area contributed by atoms with Crippen molar-refractivity contribution in [3.8, 4) is 11.1 Å². The Morgan fingerprint density at radius 1 is 1.25 bits per heavy atom. The van der Waals surface area contributed by atoms with Gasteiger partial charge in [-0.25, -0.2) is 5.10 Å². The van der Waals surface area contributed by atoms with Crippen LogP contribution in [0.15, 0.2) is 41.3 Å². The van der Waals surface area contributed by atoms with Crippen LogP contribution in [0.25, 0.3) is 21.9 Å². The average Bonchev–Trinajstić information content (AvgIpc) is 2.48. The fourth-order valence-electron chi connectivity index (χ4n) is 2.33. The summed E-state index contributed by atoms with van der Waals surface area (Å²) in [5, 5.41) is 7.86. The molecule has 1 aromatic carbocycles. The van der Waals surface area contributed by atoms with Crippen molar-refractivity contribution in [2.75, 3.05) is 0 Å². The molecule has 0 bridgehead atoms. The normalized spacial score (nSPS) is 10.9. The maximum Gasteiger partial charge on any atom is 0.272 e. The molecule has 0 aliphatic rings. The van der Waals surface area contributed by atoms with E-state index in [4.69, 9.17) is 5.73 Å². The number of aromatic amines is 1. The Balaban J connectivity index is 2.30. The molecule has 0 spiro atoms. The molecule has 5 heteroatoms. The average molecular weight is 266 g/mol. The number of hydrogen-bond donors (Lipinski definition) is 2. The number of fused-ring (bicyclic) bond motifs is 1. The first kappa shape index (κ1) is 12.5. The highest BCUT2D eigenvalue weighted by Gasteiger charge is 2.08. The molecular weight excluding hydrogens is 252 g/mol. The van der Waals surface area contributed by atoms with Gasteiger partial charge in [0.25, 0.3) is 5.56 Å². The van der Waals surface area contributed by atoms with Gasteiger partial charge in [0.15, 0.2) is 0 Å². The van der Waals surface area contributed by atoms with E-state index in [9.17, 15) is 4.79 Å². The number of nitrogens with one attached hydrogen (secondary N) is 1. The van der Waals surface area contributed by atoms with Crippen LogP contribution in [0.3, 0.4) is 0 Å². The number of nitrogens with zero attached hydrogens (tertiary/aromatic N) is 2. The second kappa shape index (κ2) is 4.86. The lowest BCUT2D eigenvalue weighted by Gasteiger charge is -2.08. The second-order valence-corrected chi connectivity index (χ2v) is 4.60. The number of H-pyrrole nitrogens is 1. The van der Waals surface area contributed by atoms with Crippen molar-refractivity contribution in [1.82, 2.24) is 15.2 Å². The number of rotatable bonds is 2. The molecule has 0 fully saturated rings. The monoisotopic (exact) mass is 266 g/mol. The van der Waals surface area contributed by atoms with Crippen molar-refractivity contribution >= 4 is 10.8 Å². The minimum absolute atomic E-state index is 0.202. The topological polar surface area (TPSA) is 84.7 Å². The highest BCUT2D eigenvalue weighted by atomic mass is 16.1. The number of aromatic nitrogens is 3. The molecule has 3 rings (SSSR count). The Hall–Kier alpha value is -2.53. The van der Waals surface area contributed by atoms with E-state index in [2.05, 4.69) is 15.2 Å². The standard InChI is InChI=1S/C15H14N4O/c1-9-11(3-2-6-17-9)10-4-5-12-13(7-10)14(8-16)18-19-15(12)20/h2-7H,8,16H2,1H3,(H,19,20). The first-order chi connectivity index (χ1) is 9.70. The largest absolute Gasteiger partial charge is 0.325 e. The molecule has 0 amide bonds. The zero-order chi connectivity index (χ0) is 14.1. The van der Waals surface area contributed by atoms with Crippen molar-refractivity contribution in [1.29, 1.82) is 0 Å². The summed E-state index contributed by atoms with van der Waals surface area (Å²) in [7, 11) is 0. The number of pyridine rings is 1. The Kier molecular flexibility index (Phi) is 3.04. The third-order valence-electron chi connectivity index (χ3n) is 3.38. The summed E-state index contributed by atoms with van der Waals surface area (Å²) in [6.45, 7) is 2.24. The van der Waals surface area contributed by atoms with Crippen LogP contribution in [0.5, 0.6) is 0 Å². The Morgan fingerprint density at radius 3 is 2.85 bits per heavy atom. The molecule has 2 heterocycles. The molecule has 0 aliphatic heterocycles. The lowest BCUT2D eigenvalue weighted by atomic mass is 10.0. The van der Waals surface area contributed by atoms with Crippen molar-refractivity contribution in [3.63, 3.8) is 0 Å². The van der Waals surface area contributed by atoms with Gasteiger partial charge < -0.3 is 5.73 Å². The van der Waals surface area contributed by atoms with Crippen molar-refractivity contribution in [2.45, 2.75) is 13.5 Å². The maximum absolute atomic E-state index is 11.8. The molecule has 20 heavy (non-hydrogen) atoms. The number of benzene rings is 1. The Morgan fingerprint density at radius 2 is 2.10 bits per heavy atom. The minimum Gasteiger partial charge on any atom is -0.325 e. The summed E-state index contributed by atoms with van der Waals surface area (Å²) in [6, 6.07) is 9.57. The minimum atomic E-state index is -0.202. The number of aryl methyl sites for hydroxylation is 1. The number of hydrogen-bond acceptors (Lipinski definition) is 4. The molecular formula is C15H14N4O. The first-order valence-electron chi connectivity index (χ1n) is 6.34.